The lowest BCUT2D eigenvalue weighted by Crippen LogP contribution is -2.40. The Balaban J connectivity index is 1.57. The Morgan fingerprint density at radius 3 is 2.65 bits per heavy atom. The van der Waals surface area contributed by atoms with E-state index < -0.39 is 11.7 Å². The number of allylic oxidation sites excluding steroid dienone is 1. The number of nitriles is 1. The number of nitrogens with zero attached hydrogens (tertiary/aromatic N) is 4. The highest BCUT2D eigenvalue weighted by Gasteiger charge is 2.30. The second kappa shape index (κ2) is 10.0. The van der Waals surface area contributed by atoms with Crippen LogP contribution in [0.4, 0.5) is 5.82 Å². The second-order valence-electron chi connectivity index (χ2n) is 7.74. The van der Waals surface area contributed by atoms with Crippen LogP contribution in [0.5, 0.6) is 5.75 Å². The van der Waals surface area contributed by atoms with Gasteiger partial charge in [-0.05, 0) is 24.0 Å². The lowest BCUT2D eigenvalue weighted by atomic mass is 9.93. The third-order valence-corrected chi connectivity index (χ3v) is 5.85. The van der Waals surface area contributed by atoms with E-state index in [2.05, 4.69) is 26.3 Å². The van der Waals surface area contributed by atoms with Crippen molar-refractivity contribution in [2.45, 2.75) is 12.8 Å². The Morgan fingerprint density at radius 1 is 1.26 bits per heavy atom. The molecule has 0 bridgehead atoms. The molecule has 0 aliphatic carbocycles. The number of methoxy groups -OCH3 is 1. The van der Waals surface area contributed by atoms with Crippen LogP contribution in [0.2, 0.25) is 0 Å². The largest absolute Gasteiger partial charge is 0.494 e. The van der Waals surface area contributed by atoms with Gasteiger partial charge in [-0.25, -0.2) is 4.98 Å². The van der Waals surface area contributed by atoms with E-state index >= 15 is 0 Å². The number of likely N-dealkylation sites (tertiary alicyclic amines) is 1. The van der Waals surface area contributed by atoms with Gasteiger partial charge in [-0.1, -0.05) is 30.3 Å². The molecule has 9 nitrogen and oxygen atoms in total. The summed E-state index contributed by atoms with van der Waals surface area (Å²) in [5.74, 6) is -0.356. The first kappa shape index (κ1) is 22.7. The maximum Gasteiger partial charge on any atom is 0.295 e. The van der Waals surface area contributed by atoms with E-state index in [-0.39, 0.29) is 5.56 Å². The van der Waals surface area contributed by atoms with E-state index in [0.717, 1.165) is 11.1 Å². The van der Waals surface area contributed by atoms with Crippen LogP contribution in [0, 0.1) is 11.3 Å². The number of Topliss-reactive ketones (excluding diaryl/α,β-unsaturated/α-hetero) is 1. The summed E-state index contributed by atoms with van der Waals surface area (Å²) in [6.07, 6.45) is 5.56. The first-order valence-electron chi connectivity index (χ1n) is 10.8. The third-order valence-electron chi connectivity index (χ3n) is 5.85. The number of aromatic nitrogens is 2. The van der Waals surface area contributed by atoms with E-state index in [0.29, 0.717) is 54.0 Å². The van der Waals surface area contributed by atoms with Gasteiger partial charge in [-0.2, -0.15) is 5.26 Å². The number of piperidine rings is 1. The highest BCUT2D eigenvalue weighted by Crippen LogP contribution is 2.33. The minimum atomic E-state index is -0.623. The van der Waals surface area contributed by atoms with Gasteiger partial charge in [0.05, 0.1) is 47.8 Å². The van der Waals surface area contributed by atoms with E-state index in [1.165, 1.54) is 25.8 Å². The van der Waals surface area contributed by atoms with Crippen LogP contribution in [-0.2, 0) is 4.79 Å². The monoisotopic (exact) mass is 456 g/mol. The van der Waals surface area contributed by atoms with Crippen LogP contribution in [0.15, 0.2) is 53.3 Å². The highest BCUT2D eigenvalue weighted by atomic mass is 16.5. The van der Waals surface area contributed by atoms with Crippen molar-refractivity contribution >= 4 is 40.3 Å². The summed E-state index contributed by atoms with van der Waals surface area (Å²) in [4.78, 5) is 39.0. The van der Waals surface area contributed by atoms with Crippen LogP contribution in [0.3, 0.4) is 0 Å². The number of rotatable bonds is 6. The van der Waals surface area contributed by atoms with Gasteiger partial charge in [-0.15, -0.1) is 0 Å². The number of fused-ring (bicyclic) bond motifs is 1. The van der Waals surface area contributed by atoms with Crippen molar-refractivity contribution in [2.24, 2.45) is 4.99 Å². The maximum atomic E-state index is 13.2. The number of anilines is 1. The Morgan fingerprint density at radius 2 is 2.00 bits per heavy atom. The van der Waals surface area contributed by atoms with Crippen molar-refractivity contribution < 1.29 is 14.3 Å². The zero-order chi connectivity index (χ0) is 24.1. The van der Waals surface area contributed by atoms with Gasteiger partial charge in [0.15, 0.2) is 5.82 Å². The molecule has 1 aliphatic heterocycles. The predicted octanol–water partition coefficient (Wildman–Crippen LogP) is 3.42. The first-order chi connectivity index (χ1) is 16.6. The summed E-state index contributed by atoms with van der Waals surface area (Å²) in [5, 5.41) is 13.1. The molecule has 9 heteroatoms. The molecule has 2 N–H and O–H groups in total. The van der Waals surface area contributed by atoms with Gasteiger partial charge in [0, 0.05) is 26.3 Å². The summed E-state index contributed by atoms with van der Waals surface area (Å²) in [7, 11) is 3.10. The number of carbonyl (C=O) groups excluding carboxylic acids is 2. The number of nitrogens with one attached hydrogen (secondary N) is 2. The SMILES string of the molecule is C/N=C\Nc1ncc(OC)c2c(C(=O)C(=O)N3CCC(=C(C#N)c4ccccc4)CC3)c[nH]c12. The van der Waals surface area contributed by atoms with Crippen LogP contribution in [0.25, 0.3) is 16.5 Å². The summed E-state index contributed by atoms with van der Waals surface area (Å²) in [6, 6.07) is 11.8. The highest BCUT2D eigenvalue weighted by molar-refractivity contribution is 6.45. The fourth-order valence-corrected chi connectivity index (χ4v) is 4.13. The van der Waals surface area contributed by atoms with Crippen LogP contribution >= 0.6 is 0 Å². The molecule has 0 unspecified atom stereocenters. The quantitative estimate of drug-likeness (QED) is 0.193. The van der Waals surface area contributed by atoms with Crippen LogP contribution in [0.1, 0.15) is 28.8 Å². The van der Waals surface area contributed by atoms with Crippen LogP contribution in [-0.4, -0.2) is 60.1 Å². The molecule has 0 atom stereocenters. The minimum absolute atomic E-state index is 0.221. The number of aromatic amines is 1. The number of H-pyrrole nitrogens is 1. The number of aliphatic imine (C=N–C) groups is 1. The molecule has 2 aromatic heterocycles. The molecule has 172 valence electrons. The zero-order valence-corrected chi connectivity index (χ0v) is 19.0. The van der Waals surface area contributed by atoms with Crippen LogP contribution < -0.4 is 10.1 Å². The number of benzene rings is 1. The van der Waals surface area contributed by atoms with Crippen molar-refractivity contribution in [3.05, 3.63) is 59.4 Å². The summed E-state index contributed by atoms with van der Waals surface area (Å²) in [6.45, 7) is 0.747. The Bertz CT molecular complexity index is 1320. The summed E-state index contributed by atoms with van der Waals surface area (Å²) < 4.78 is 5.40. The Kier molecular flexibility index (Phi) is 6.69. The average Bonchev–Trinajstić information content (AvgIpc) is 3.33. The molecule has 1 saturated heterocycles. The van der Waals surface area contributed by atoms with E-state index in [9.17, 15) is 14.9 Å². The topological polar surface area (TPSA) is 123 Å². The maximum absolute atomic E-state index is 13.2. The Hall–Kier alpha value is -4.45. The van der Waals surface area contributed by atoms with Crippen molar-refractivity contribution in [1.29, 1.82) is 5.26 Å². The molecule has 1 amide bonds. The number of carbonyl (C=O) groups is 2. The van der Waals surface area contributed by atoms with Crippen molar-refractivity contribution in [3.8, 4) is 11.8 Å². The van der Waals surface area contributed by atoms with Gasteiger partial charge in [0.1, 0.15) is 5.75 Å². The van der Waals surface area contributed by atoms with Gasteiger partial charge < -0.3 is 19.9 Å². The molecular formula is C25H24N6O3. The number of ether oxygens (including phenoxy) is 1. The summed E-state index contributed by atoms with van der Waals surface area (Å²) >= 11 is 0. The molecule has 34 heavy (non-hydrogen) atoms. The number of pyridine rings is 1. The summed E-state index contributed by atoms with van der Waals surface area (Å²) in [5.41, 5.74) is 3.27. The minimum Gasteiger partial charge on any atom is -0.494 e. The number of amides is 1. The number of hydrogen-bond donors (Lipinski definition) is 2. The fourth-order valence-electron chi connectivity index (χ4n) is 4.13. The zero-order valence-electron chi connectivity index (χ0n) is 19.0. The van der Waals surface area contributed by atoms with Gasteiger partial charge in [0.2, 0.25) is 0 Å². The molecule has 3 heterocycles. The van der Waals surface area contributed by atoms with Crippen molar-refractivity contribution in [1.82, 2.24) is 14.9 Å². The molecule has 0 saturated carbocycles. The van der Waals surface area contributed by atoms with Gasteiger partial charge in [0.25, 0.3) is 11.7 Å². The number of hydrogen-bond acceptors (Lipinski definition) is 6. The molecule has 0 radical (unpaired) electrons. The second-order valence-corrected chi connectivity index (χ2v) is 7.74. The van der Waals surface area contributed by atoms with E-state index in [1.807, 2.05) is 30.3 Å². The average molecular weight is 457 g/mol. The molecule has 0 spiro atoms. The van der Waals surface area contributed by atoms with E-state index in [4.69, 9.17) is 4.74 Å². The third kappa shape index (κ3) is 4.26. The van der Waals surface area contributed by atoms with E-state index in [1.54, 1.807) is 11.9 Å². The normalized spacial score (nSPS) is 13.7. The molecule has 4 rings (SSSR count). The molecule has 3 aromatic rings. The predicted molar refractivity (Wildman–Crippen MR) is 130 cm³/mol. The molecule has 1 fully saturated rings. The van der Waals surface area contributed by atoms with Gasteiger partial charge >= 0.3 is 0 Å². The van der Waals surface area contributed by atoms with Crippen molar-refractivity contribution in [3.63, 3.8) is 0 Å². The lowest BCUT2D eigenvalue weighted by molar-refractivity contribution is -0.126. The fraction of sp³-hybridized carbons (Fsp3) is 0.240. The van der Waals surface area contributed by atoms with Crippen molar-refractivity contribution in [2.75, 3.05) is 32.6 Å². The first-order valence-corrected chi connectivity index (χ1v) is 10.8. The molecule has 1 aliphatic rings. The standard InChI is InChI=1S/C25H24N6O3/c1-27-15-30-24-22-21(20(34-2)14-29-24)19(13-28-22)23(32)25(33)31-10-8-17(9-11-31)18(12-26)16-6-4-3-5-7-16/h3-7,13-15,28H,8-11H2,1-2H3,(H,27,29,30). The number of ketones is 1. The Labute approximate surface area is 196 Å². The van der Waals surface area contributed by atoms with Gasteiger partial charge in [-0.3, -0.25) is 14.6 Å². The molecular weight excluding hydrogens is 432 g/mol. The smallest absolute Gasteiger partial charge is 0.295 e. The lowest BCUT2D eigenvalue weighted by Gasteiger charge is -2.28. The molecule has 1 aromatic carbocycles.